The van der Waals surface area contributed by atoms with Crippen molar-refractivity contribution in [2.24, 2.45) is 0 Å². The Morgan fingerprint density at radius 2 is 1.91 bits per heavy atom. The first-order valence-corrected chi connectivity index (χ1v) is 14.9. The molecule has 1 heterocycles. The molecule has 0 N–H and O–H groups in total. The van der Waals surface area contributed by atoms with E-state index < -0.39 is 8.32 Å². The molecule has 1 aliphatic rings. The first-order chi connectivity index (χ1) is 16.1. The van der Waals surface area contributed by atoms with Crippen molar-refractivity contribution in [2.75, 3.05) is 13.7 Å². The predicted octanol–water partition coefficient (Wildman–Crippen LogP) is 6.41. The molecule has 2 rings (SSSR count). The summed E-state index contributed by atoms with van der Waals surface area (Å²) in [6.07, 6.45) is 11.5. The van der Waals surface area contributed by atoms with Gasteiger partial charge in [-0.3, -0.25) is 4.79 Å². The summed E-state index contributed by atoms with van der Waals surface area (Å²) in [5, 5.41) is 0.0545. The minimum Gasteiger partial charge on any atom is -0.497 e. The van der Waals surface area contributed by atoms with Gasteiger partial charge in [-0.2, -0.15) is 0 Å². The zero-order valence-electron chi connectivity index (χ0n) is 21.9. The Labute approximate surface area is 207 Å². The third-order valence-electron chi connectivity index (χ3n) is 6.59. The molecule has 6 heteroatoms. The lowest BCUT2D eigenvalue weighted by atomic mass is 10.0. The number of hydrogen-bond acceptors (Lipinski definition) is 5. The maximum atomic E-state index is 10.9. The van der Waals surface area contributed by atoms with E-state index in [0.717, 1.165) is 24.0 Å². The molecule has 1 aromatic carbocycles. The maximum Gasteiger partial charge on any atom is 0.193 e. The van der Waals surface area contributed by atoms with E-state index in [1.54, 1.807) is 7.11 Å². The zero-order chi connectivity index (χ0) is 25.2. The minimum absolute atomic E-state index is 0.0308. The maximum absolute atomic E-state index is 10.9. The number of methoxy groups -OCH3 is 1. The summed E-state index contributed by atoms with van der Waals surface area (Å²) in [6, 6.07) is 7.86. The standard InChI is InChI=1S/C28H42O5Si/c1-22-17-19-31-25(20-22)15-16-27(33-34(6,7)28(2,3)4)26(10-8-9-18-29)32-21-23-11-13-24(30-5)14-12-23/h8-9,11-18,25-27H,10,19-21H2,1-7H3/b9-8+,16-15?/t25-,26+,27+/m1/s1. The summed E-state index contributed by atoms with van der Waals surface area (Å²) in [7, 11) is -0.437. The number of carbonyl (C=O) groups is 1. The average Bonchev–Trinajstić information content (AvgIpc) is 2.78. The van der Waals surface area contributed by atoms with Gasteiger partial charge in [0.2, 0.25) is 0 Å². The summed E-state index contributed by atoms with van der Waals surface area (Å²) in [6.45, 7) is 14.4. The Hall–Kier alpha value is -1.99. The minimum atomic E-state index is -2.09. The number of benzene rings is 1. The van der Waals surface area contributed by atoms with Crippen molar-refractivity contribution in [2.45, 2.75) is 83.6 Å². The lowest BCUT2D eigenvalue weighted by Crippen LogP contribution is -2.47. The Kier molecular flexibility index (Phi) is 11.0. The molecule has 0 unspecified atom stereocenters. The number of aldehydes is 1. The van der Waals surface area contributed by atoms with Crippen LogP contribution in [0.5, 0.6) is 5.75 Å². The van der Waals surface area contributed by atoms with E-state index in [2.05, 4.69) is 59.0 Å². The highest BCUT2D eigenvalue weighted by Crippen LogP contribution is 2.38. The molecular formula is C28H42O5Si. The number of hydrogen-bond donors (Lipinski definition) is 0. The van der Waals surface area contributed by atoms with Gasteiger partial charge in [-0.1, -0.05) is 62.8 Å². The second-order valence-corrected chi connectivity index (χ2v) is 15.1. The van der Waals surface area contributed by atoms with Crippen LogP contribution in [0, 0.1) is 0 Å². The first kappa shape index (κ1) is 28.2. The molecule has 1 aliphatic heterocycles. The predicted molar refractivity (Wildman–Crippen MR) is 141 cm³/mol. The third kappa shape index (κ3) is 8.99. The van der Waals surface area contributed by atoms with E-state index in [-0.39, 0.29) is 23.4 Å². The van der Waals surface area contributed by atoms with E-state index in [0.29, 0.717) is 19.6 Å². The molecule has 1 aromatic rings. The van der Waals surface area contributed by atoms with Gasteiger partial charge in [0.25, 0.3) is 0 Å². The lowest BCUT2D eigenvalue weighted by molar-refractivity contribution is -0.104. The topological polar surface area (TPSA) is 54.0 Å². The lowest BCUT2D eigenvalue weighted by Gasteiger charge is -2.40. The molecule has 0 saturated carbocycles. The number of ether oxygens (including phenoxy) is 3. The van der Waals surface area contributed by atoms with E-state index in [4.69, 9.17) is 18.6 Å². The molecule has 0 saturated heterocycles. The van der Waals surface area contributed by atoms with Crippen LogP contribution in [0.1, 0.15) is 46.1 Å². The fraction of sp³-hybridized carbons (Fsp3) is 0.536. The monoisotopic (exact) mass is 486 g/mol. The van der Waals surface area contributed by atoms with Gasteiger partial charge in [0.05, 0.1) is 38.6 Å². The molecule has 5 nitrogen and oxygen atoms in total. The molecule has 188 valence electrons. The molecule has 0 aromatic heterocycles. The van der Waals surface area contributed by atoms with E-state index in [9.17, 15) is 4.79 Å². The van der Waals surface area contributed by atoms with Crippen LogP contribution in [-0.4, -0.2) is 46.6 Å². The number of rotatable bonds is 12. The van der Waals surface area contributed by atoms with Crippen LogP contribution in [0.25, 0.3) is 0 Å². The van der Waals surface area contributed by atoms with Crippen molar-refractivity contribution in [3.63, 3.8) is 0 Å². The van der Waals surface area contributed by atoms with Crippen LogP contribution in [0.4, 0.5) is 0 Å². The van der Waals surface area contributed by atoms with Gasteiger partial charge in [-0.15, -0.1) is 0 Å². The van der Waals surface area contributed by atoms with E-state index in [1.807, 2.05) is 30.3 Å². The van der Waals surface area contributed by atoms with Crippen LogP contribution in [0.3, 0.4) is 0 Å². The van der Waals surface area contributed by atoms with Gasteiger partial charge >= 0.3 is 0 Å². The molecule has 0 amide bonds. The van der Waals surface area contributed by atoms with Crippen LogP contribution in [-0.2, 0) is 25.3 Å². The van der Waals surface area contributed by atoms with Crippen molar-refractivity contribution in [3.05, 3.63) is 65.8 Å². The van der Waals surface area contributed by atoms with Crippen LogP contribution < -0.4 is 4.74 Å². The Balaban J connectivity index is 2.27. The average molecular weight is 487 g/mol. The molecule has 0 aliphatic carbocycles. The Morgan fingerprint density at radius 3 is 2.50 bits per heavy atom. The van der Waals surface area contributed by atoms with Gasteiger partial charge in [-0.25, -0.2) is 0 Å². The van der Waals surface area contributed by atoms with Gasteiger partial charge in [-0.05, 0) is 61.7 Å². The first-order valence-electron chi connectivity index (χ1n) is 12.0. The Morgan fingerprint density at radius 1 is 1.21 bits per heavy atom. The smallest absolute Gasteiger partial charge is 0.193 e. The van der Waals surface area contributed by atoms with Crippen LogP contribution >= 0.6 is 0 Å². The highest BCUT2D eigenvalue weighted by atomic mass is 28.4. The molecule has 0 spiro atoms. The fourth-order valence-electron chi connectivity index (χ4n) is 3.38. The third-order valence-corrected chi connectivity index (χ3v) is 11.1. The van der Waals surface area contributed by atoms with Crippen molar-refractivity contribution in [3.8, 4) is 5.75 Å². The van der Waals surface area contributed by atoms with Crippen LogP contribution in [0.2, 0.25) is 18.1 Å². The SMILES string of the molecule is COc1ccc(CO[C@@H](C/C=C/C=O)[C@H](C=C[C@@H]2CC(C)=CCO2)O[Si](C)(C)C(C)(C)C)cc1. The van der Waals surface area contributed by atoms with Crippen molar-refractivity contribution in [1.29, 1.82) is 0 Å². The van der Waals surface area contributed by atoms with Gasteiger partial charge in [0.15, 0.2) is 8.32 Å². The van der Waals surface area contributed by atoms with Crippen molar-refractivity contribution in [1.82, 2.24) is 0 Å². The van der Waals surface area contributed by atoms with Gasteiger partial charge < -0.3 is 18.6 Å². The summed E-state index contributed by atoms with van der Waals surface area (Å²) in [5.41, 5.74) is 2.39. The van der Waals surface area contributed by atoms with Gasteiger partial charge in [0.1, 0.15) is 12.0 Å². The van der Waals surface area contributed by atoms with Crippen molar-refractivity contribution >= 4 is 14.6 Å². The van der Waals surface area contributed by atoms with E-state index in [1.165, 1.54) is 11.6 Å². The molecule has 0 bridgehead atoms. The quantitative estimate of drug-likeness (QED) is 0.148. The van der Waals surface area contributed by atoms with E-state index >= 15 is 0 Å². The van der Waals surface area contributed by atoms with Crippen molar-refractivity contribution < 1.29 is 23.4 Å². The number of carbonyl (C=O) groups excluding carboxylic acids is 1. The summed E-state index contributed by atoms with van der Waals surface area (Å²) in [4.78, 5) is 10.9. The molecule has 34 heavy (non-hydrogen) atoms. The summed E-state index contributed by atoms with van der Waals surface area (Å²) < 4.78 is 24.4. The highest BCUT2D eigenvalue weighted by Gasteiger charge is 2.40. The molecule has 3 atom stereocenters. The fourth-order valence-corrected chi connectivity index (χ4v) is 4.64. The molecule has 0 radical (unpaired) electrons. The molecular weight excluding hydrogens is 444 g/mol. The van der Waals surface area contributed by atoms with Crippen LogP contribution in [0.15, 0.2) is 60.2 Å². The highest BCUT2D eigenvalue weighted by molar-refractivity contribution is 6.74. The number of allylic oxidation sites excluding steroid dienone is 1. The second kappa shape index (κ2) is 13.2. The largest absolute Gasteiger partial charge is 0.497 e. The summed E-state index contributed by atoms with van der Waals surface area (Å²) >= 11 is 0. The second-order valence-electron chi connectivity index (χ2n) is 10.4. The zero-order valence-corrected chi connectivity index (χ0v) is 22.9. The summed E-state index contributed by atoms with van der Waals surface area (Å²) in [5.74, 6) is 0.813. The Bertz CT molecular complexity index is 849. The normalized spacial score (nSPS) is 19.3. The molecule has 0 fully saturated rings. The van der Waals surface area contributed by atoms with Gasteiger partial charge in [0, 0.05) is 0 Å².